The van der Waals surface area contributed by atoms with Gasteiger partial charge in [0.05, 0.1) is 0 Å². The zero-order valence-electron chi connectivity index (χ0n) is 7.04. The molecule has 1 aromatic rings. The van der Waals surface area contributed by atoms with Gasteiger partial charge in [-0.05, 0) is 24.8 Å². The Labute approximate surface area is 67.7 Å². The molecule has 0 aliphatic carbocycles. The first-order valence-electron chi connectivity index (χ1n) is 4.00. The van der Waals surface area contributed by atoms with Crippen LogP contribution in [0.15, 0.2) is 12.5 Å². The Hall–Kier alpha value is -0.920. The maximum absolute atomic E-state index is 4.17. The normalized spacial score (nSPS) is 10.0. The van der Waals surface area contributed by atoms with Crippen molar-refractivity contribution in [3.05, 3.63) is 30.2 Å². The number of aryl methyl sites for hydroxylation is 1. The van der Waals surface area contributed by atoms with Crippen molar-refractivity contribution in [1.82, 2.24) is 9.97 Å². The van der Waals surface area contributed by atoms with E-state index >= 15 is 0 Å². The van der Waals surface area contributed by atoms with Gasteiger partial charge in [0, 0.05) is 11.9 Å². The van der Waals surface area contributed by atoms with E-state index in [4.69, 9.17) is 0 Å². The molecule has 0 spiro atoms. The van der Waals surface area contributed by atoms with Gasteiger partial charge >= 0.3 is 0 Å². The van der Waals surface area contributed by atoms with Crippen molar-refractivity contribution in [1.29, 1.82) is 0 Å². The Kier molecular flexibility index (Phi) is 3.02. The van der Waals surface area contributed by atoms with Crippen LogP contribution in [0.5, 0.6) is 0 Å². The molecule has 0 atom stereocenters. The lowest BCUT2D eigenvalue weighted by atomic mass is 10.1. The monoisotopic (exact) mass is 149 g/mol. The zero-order valence-corrected chi connectivity index (χ0v) is 7.04. The molecule has 0 saturated heterocycles. The quantitative estimate of drug-likeness (QED) is 0.657. The highest BCUT2D eigenvalue weighted by molar-refractivity contribution is 5.23. The molecule has 0 N–H and O–H groups in total. The molecule has 0 unspecified atom stereocenters. The Morgan fingerprint density at radius 1 is 1.45 bits per heavy atom. The maximum Gasteiger partial charge on any atom is 0.115 e. The first-order chi connectivity index (χ1) is 5.38. The van der Waals surface area contributed by atoms with E-state index in [0.717, 1.165) is 18.5 Å². The summed E-state index contributed by atoms with van der Waals surface area (Å²) >= 11 is 0. The summed E-state index contributed by atoms with van der Waals surface area (Å²) in [5.41, 5.74) is 2.32. The van der Waals surface area contributed by atoms with Crippen molar-refractivity contribution < 1.29 is 0 Å². The third-order valence-electron chi connectivity index (χ3n) is 1.59. The smallest absolute Gasteiger partial charge is 0.115 e. The van der Waals surface area contributed by atoms with Gasteiger partial charge in [0.2, 0.25) is 0 Å². The molecule has 0 fully saturated rings. The van der Waals surface area contributed by atoms with Crippen LogP contribution in [0.3, 0.4) is 0 Å². The van der Waals surface area contributed by atoms with E-state index in [-0.39, 0.29) is 0 Å². The molecule has 1 rings (SSSR count). The zero-order chi connectivity index (χ0) is 8.10. The second-order valence-corrected chi connectivity index (χ2v) is 2.39. The minimum atomic E-state index is 0.981. The molecule has 1 radical (unpaired) electrons. The Bertz CT molecular complexity index is 221. The molecule has 2 heteroatoms. The van der Waals surface area contributed by atoms with Crippen molar-refractivity contribution in [2.24, 2.45) is 0 Å². The van der Waals surface area contributed by atoms with Crippen LogP contribution in [0.1, 0.15) is 31.5 Å². The lowest BCUT2D eigenvalue weighted by molar-refractivity contribution is 0.955. The highest BCUT2D eigenvalue weighted by atomic mass is 14.8. The van der Waals surface area contributed by atoms with Crippen molar-refractivity contribution >= 4 is 0 Å². The van der Waals surface area contributed by atoms with E-state index < -0.39 is 0 Å². The van der Waals surface area contributed by atoms with E-state index in [1.54, 1.807) is 6.33 Å². The van der Waals surface area contributed by atoms with Gasteiger partial charge in [-0.1, -0.05) is 13.8 Å². The molecule has 0 aromatic carbocycles. The van der Waals surface area contributed by atoms with Gasteiger partial charge < -0.3 is 0 Å². The van der Waals surface area contributed by atoms with Crippen LogP contribution >= 0.6 is 0 Å². The molecule has 0 aliphatic heterocycles. The van der Waals surface area contributed by atoms with Gasteiger partial charge in [-0.3, -0.25) is 0 Å². The van der Waals surface area contributed by atoms with Gasteiger partial charge in [-0.25, -0.2) is 9.97 Å². The van der Waals surface area contributed by atoms with Gasteiger partial charge in [0.25, 0.3) is 0 Å². The van der Waals surface area contributed by atoms with E-state index in [1.807, 2.05) is 6.20 Å². The molecule has 0 amide bonds. The number of hydrogen-bond acceptors (Lipinski definition) is 2. The van der Waals surface area contributed by atoms with Crippen molar-refractivity contribution in [3.63, 3.8) is 0 Å². The summed E-state index contributed by atoms with van der Waals surface area (Å²) in [5, 5.41) is 0. The third kappa shape index (κ3) is 2.00. The number of hydrogen-bond donors (Lipinski definition) is 0. The predicted molar refractivity (Wildman–Crippen MR) is 45.1 cm³/mol. The molecule has 11 heavy (non-hydrogen) atoms. The molecular weight excluding hydrogens is 136 g/mol. The second-order valence-electron chi connectivity index (χ2n) is 2.39. The van der Waals surface area contributed by atoms with Gasteiger partial charge in [-0.15, -0.1) is 0 Å². The SMILES string of the molecule is CC[CH]c1cncnc1CC. The fourth-order valence-corrected chi connectivity index (χ4v) is 1.05. The first-order valence-corrected chi connectivity index (χ1v) is 4.00. The predicted octanol–water partition coefficient (Wildman–Crippen LogP) is 2.00. The van der Waals surface area contributed by atoms with Gasteiger partial charge in [-0.2, -0.15) is 0 Å². The minimum Gasteiger partial charge on any atom is -0.245 e. The Morgan fingerprint density at radius 2 is 2.27 bits per heavy atom. The summed E-state index contributed by atoms with van der Waals surface area (Å²) in [7, 11) is 0. The number of nitrogens with zero attached hydrogens (tertiary/aromatic N) is 2. The average Bonchev–Trinajstić information content (AvgIpc) is 2.06. The molecule has 0 saturated carbocycles. The Morgan fingerprint density at radius 3 is 2.91 bits per heavy atom. The molecule has 59 valence electrons. The second kappa shape index (κ2) is 4.06. The van der Waals surface area contributed by atoms with Crippen LogP contribution in [-0.2, 0) is 6.42 Å². The van der Waals surface area contributed by atoms with E-state index in [9.17, 15) is 0 Å². The minimum absolute atomic E-state index is 0.981. The fourth-order valence-electron chi connectivity index (χ4n) is 1.05. The van der Waals surface area contributed by atoms with Crippen LogP contribution in [0.25, 0.3) is 0 Å². The van der Waals surface area contributed by atoms with E-state index in [1.165, 1.54) is 5.56 Å². The Balaban J connectivity index is 2.83. The van der Waals surface area contributed by atoms with Crippen molar-refractivity contribution in [2.75, 3.05) is 0 Å². The van der Waals surface area contributed by atoms with Gasteiger partial charge in [0.15, 0.2) is 0 Å². The van der Waals surface area contributed by atoms with Crippen LogP contribution < -0.4 is 0 Å². The molecule has 1 heterocycles. The van der Waals surface area contributed by atoms with Crippen LogP contribution in [-0.4, -0.2) is 9.97 Å². The summed E-state index contributed by atoms with van der Waals surface area (Å²) in [4.78, 5) is 8.14. The van der Waals surface area contributed by atoms with E-state index in [2.05, 4.69) is 30.2 Å². The summed E-state index contributed by atoms with van der Waals surface area (Å²) in [6, 6.07) is 0. The summed E-state index contributed by atoms with van der Waals surface area (Å²) in [6.07, 6.45) is 7.65. The van der Waals surface area contributed by atoms with Crippen LogP contribution in [0.2, 0.25) is 0 Å². The fraction of sp³-hybridized carbons (Fsp3) is 0.444. The third-order valence-corrected chi connectivity index (χ3v) is 1.59. The standard InChI is InChI=1S/C9H13N2/c1-3-5-8-6-10-7-11-9(8)4-2/h5-7H,3-4H2,1-2H3. The first kappa shape index (κ1) is 8.18. The average molecular weight is 149 g/mol. The summed E-state index contributed by atoms with van der Waals surface area (Å²) in [5.74, 6) is 0. The molecule has 2 nitrogen and oxygen atoms in total. The highest BCUT2D eigenvalue weighted by Gasteiger charge is 1.99. The van der Waals surface area contributed by atoms with Crippen LogP contribution in [0.4, 0.5) is 0 Å². The molecule has 1 aromatic heterocycles. The molecular formula is C9H13N2. The molecule has 0 bridgehead atoms. The van der Waals surface area contributed by atoms with Crippen molar-refractivity contribution in [3.8, 4) is 0 Å². The van der Waals surface area contributed by atoms with Gasteiger partial charge in [0.1, 0.15) is 6.33 Å². The van der Waals surface area contributed by atoms with E-state index in [0.29, 0.717) is 0 Å². The summed E-state index contributed by atoms with van der Waals surface area (Å²) < 4.78 is 0. The maximum atomic E-state index is 4.17. The number of aromatic nitrogens is 2. The summed E-state index contributed by atoms with van der Waals surface area (Å²) in [6.45, 7) is 4.22. The lowest BCUT2D eigenvalue weighted by Gasteiger charge is -2.02. The van der Waals surface area contributed by atoms with Crippen LogP contribution in [0, 0.1) is 6.42 Å². The number of rotatable bonds is 3. The highest BCUT2D eigenvalue weighted by Crippen LogP contribution is 2.08. The lowest BCUT2D eigenvalue weighted by Crippen LogP contribution is -1.95. The van der Waals surface area contributed by atoms with Crippen molar-refractivity contribution in [2.45, 2.75) is 26.7 Å². The largest absolute Gasteiger partial charge is 0.245 e. The molecule has 0 aliphatic rings. The topological polar surface area (TPSA) is 25.8 Å².